The molecule has 22 heteroatoms. The predicted octanol–water partition coefficient (Wildman–Crippen LogP) is 24.3. The van der Waals surface area contributed by atoms with E-state index in [-0.39, 0.29) is 51.8 Å². The first kappa shape index (κ1) is 90.3. The predicted molar refractivity (Wildman–Crippen MR) is 452 cm³/mol. The number of halogens is 5. The normalized spacial score (nSPS) is 13.1. The largest absolute Gasteiger partial charge is 0.522 e. The molecule has 614 valence electrons. The summed E-state index contributed by atoms with van der Waals surface area (Å²) in [4.78, 5) is 31.1. The fraction of sp³-hybridized carbons (Fsp3) is 0.206. The standard InChI is InChI=1S/C23H15FN2O.C23H14FN2O.3C16H16N.CHF3O3S.2CH4O.2Ir/c2*1-14-5-10-19-18-3-2-4-20(22(18)27-23(19)26-14)21-13-16(11-12-25-21)15-6-8-17(24)9-7-15;3*1-2-6-13(5-1)14-8-10-15(11-9-14)16-7-3-4-12-17-16;2-1(3,4)8(5,6)7;2*1-2;;/h2-13H,1H3;2-3,5-13H,1H3;3*3-4,7-10,12-13H,1-2,5-6H2;(H,5,6,7);2*2H,1H3;;/q;4*-1;;;;;. The number of aliphatic hydroxyl groups excluding tert-OH is 2. The number of hydrogen-bond acceptors (Lipinski definition) is 13. The van der Waals surface area contributed by atoms with E-state index in [0.717, 1.165) is 149 Å². The molecule has 19 rings (SSSR count). The van der Waals surface area contributed by atoms with Crippen LogP contribution in [0.15, 0.2) is 276 Å². The van der Waals surface area contributed by atoms with Crippen molar-refractivity contribution in [1.29, 1.82) is 0 Å². The summed E-state index contributed by atoms with van der Waals surface area (Å²) < 4.78 is 96.1. The molecule has 3 saturated carbocycles. The van der Waals surface area contributed by atoms with Crippen LogP contribution >= 0.6 is 0 Å². The number of aromatic nitrogens is 7. The first-order valence-electron chi connectivity index (χ1n) is 38.6. The minimum absolute atomic E-state index is 0. The number of rotatable bonds is 10. The summed E-state index contributed by atoms with van der Waals surface area (Å²) in [6.07, 6.45) is 25.3. The summed E-state index contributed by atoms with van der Waals surface area (Å²) in [6.45, 7) is 3.88. The van der Waals surface area contributed by atoms with Crippen LogP contribution in [0.3, 0.4) is 0 Å². The van der Waals surface area contributed by atoms with Gasteiger partial charge in [0.05, 0.1) is 11.3 Å². The summed E-state index contributed by atoms with van der Waals surface area (Å²) in [6, 6.07) is 89.5. The molecular formula is C97H86F5Ir2N7O7S-4. The molecule has 3 aliphatic rings. The van der Waals surface area contributed by atoms with Gasteiger partial charge in [-0.25, -0.2) is 18.7 Å². The number of nitrogens with zero attached hydrogens (tertiary/aromatic N) is 7. The molecule has 0 spiro atoms. The van der Waals surface area contributed by atoms with E-state index in [1.54, 1.807) is 36.7 Å². The van der Waals surface area contributed by atoms with Gasteiger partial charge in [0.2, 0.25) is 11.4 Å². The molecule has 9 aromatic heterocycles. The van der Waals surface area contributed by atoms with Gasteiger partial charge < -0.3 is 39.0 Å². The van der Waals surface area contributed by atoms with E-state index in [0.29, 0.717) is 17.0 Å². The molecule has 0 amide bonds. The van der Waals surface area contributed by atoms with Crippen LogP contribution in [0.1, 0.15) is 123 Å². The molecule has 2 radical (unpaired) electrons. The number of para-hydroxylation sites is 1. The first-order chi connectivity index (χ1) is 56.9. The Hall–Kier alpha value is -11.0. The third-order valence-electron chi connectivity index (χ3n) is 20.5. The SMILES string of the molecule is CO.CO.Cc1ccc2c(n1)oc1c(-c3cc(-c4ccc(F)cc4)ccn3)[c-]ccc12.Cc1ccc2c(n1)oc1c(-c3cc(-c4ccc(F)cc4)ccn3)cccc12.O=S(=O)(O)C(F)(F)F.[Ir].[Ir].[c-]1cc(C2CCCC2)ccc1-c1ccccn1.[c-]1cc(C2CCCC2)ccc1-c1ccccn1.[c-]1cc(C2CCCC2)ccc1-c1ccccn1. The van der Waals surface area contributed by atoms with Crippen LogP contribution in [0, 0.1) is 49.7 Å². The van der Waals surface area contributed by atoms with Gasteiger partial charge in [-0.2, -0.15) is 21.6 Å². The molecule has 0 atom stereocenters. The van der Waals surface area contributed by atoms with Gasteiger partial charge in [0.15, 0.2) is 0 Å². The van der Waals surface area contributed by atoms with Gasteiger partial charge in [-0.05, 0) is 150 Å². The monoisotopic (exact) mass is 1970 g/mol. The molecule has 14 nitrogen and oxygen atoms in total. The zero-order chi connectivity index (χ0) is 82.3. The maximum absolute atomic E-state index is 13.2. The van der Waals surface area contributed by atoms with Crippen LogP contribution in [0.4, 0.5) is 22.0 Å². The molecule has 0 bridgehead atoms. The summed E-state index contributed by atoms with van der Waals surface area (Å²) in [5, 5.41) is 18.0. The average molecular weight is 1970 g/mol. The summed E-state index contributed by atoms with van der Waals surface area (Å²) in [7, 11) is -3.84. The smallest absolute Gasteiger partial charge is 0.486 e. The van der Waals surface area contributed by atoms with Gasteiger partial charge >= 0.3 is 15.6 Å². The van der Waals surface area contributed by atoms with Crippen molar-refractivity contribution in [1.82, 2.24) is 34.9 Å². The molecule has 0 saturated heterocycles. The van der Waals surface area contributed by atoms with Crippen molar-refractivity contribution in [2.45, 2.75) is 114 Å². The van der Waals surface area contributed by atoms with Crippen molar-refractivity contribution in [3.63, 3.8) is 0 Å². The van der Waals surface area contributed by atoms with Crippen LogP contribution in [-0.2, 0) is 50.3 Å². The number of aliphatic hydroxyl groups is 2. The van der Waals surface area contributed by atoms with Crippen LogP contribution in [0.25, 0.3) is 123 Å². The number of benzene rings is 7. The molecule has 7 aromatic carbocycles. The Labute approximate surface area is 716 Å². The Bertz CT molecular complexity index is 5530. The van der Waals surface area contributed by atoms with E-state index < -0.39 is 15.6 Å². The van der Waals surface area contributed by atoms with Crippen molar-refractivity contribution in [2.75, 3.05) is 14.2 Å². The molecule has 9 heterocycles. The van der Waals surface area contributed by atoms with Crippen molar-refractivity contribution < 1.29 is 94.2 Å². The van der Waals surface area contributed by atoms with Gasteiger partial charge in [0.1, 0.15) is 17.2 Å². The summed E-state index contributed by atoms with van der Waals surface area (Å²) in [5.41, 5.74) is 16.7. The Balaban J connectivity index is 0.000000153. The quantitative estimate of drug-likeness (QED) is 0.0503. The minimum Gasteiger partial charge on any atom is -0.486 e. The fourth-order valence-electron chi connectivity index (χ4n) is 14.6. The maximum atomic E-state index is 13.2. The fourth-order valence-corrected chi connectivity index (χ4v) is 14.6. The van der Waals surface area contributed by atoms with E-state index in [1.807, 2.05) is 166 Å². The average Bonchev–Trinajstić information content (AvgIpc) is 1.62. The number of hydrogen-bond donors (Lipinski definition) is 3. The van der Waals surface area contributed by atoms with Gasteiger partial charge in [-0.3, -0.25) is 9.54 Å². The van der Waals surface area contributed by atoms with Crippen molar-refractivity contribution in [3.05, 3.63) is 332 Å². The Morgan fingerprint density at radius 2 is 0.756 bits per heavy atom. The van der Waals surface area contributed by atoms with E-state index in [1.165, 1.54) is 118 Å². The second-order valence-corrected chi connectivity index (χ2v) is 29.5. The molecule has 16 aromatic rings. The third kappa shape index (κ3) is 23.7. The number of alkyl halides is 3. The van der Waals surface area contributed by atoms with Crippen molar-refractivity contribution >= 4 is 54.3 Å². The number of pyridine rings is 7. The molecule has 3 N–H and O–H groups in total. The molecule has 3 fully saturated rings. The van der Waals surface area contributed by atoms with Gasteiger partial charge in [0.25, 0.3) is 0 Å². The Morgan fingerprint density at radius 3 is 1.13 bits per heavy atom. The van der Waals surface area contributed by atoms with Crippen LogP contribution < -0.4 is 0 Å². The summed E-state index contributed by atoms with van der Waals surface area (Å²) in [5.74, 6) is 1.80. The van der Waals surface area contributed by atoms with Gasteiger partial charge in [-0.1, -0.05) is 185 Å². The van der Waals surface area contributed by atoms with Crippen LogP contribution in [0.2, 0.25) is 0 Å². The molecule has 0 unspecified atom stereocenters. The van der Waals surface area contributed by atoms with Crippen LogP contribution in [-0.4, -0.2) is 77.8 Å². The van der Waals surface area contributed by atoms with Crippen LogP contribution in [0.5, 0.6) is 0 Å². The number of aryl methyl sites for hydroxylation is 2. The molecule has 119 heavy (non-hydrogen) atoms. The maximum Gasteiger partial charge on any atom is 0.522 e. The van der Waals surface area contributed by atoms with E-state index in [9.17, 15) is 22.0 Å². The van der Waals surface area contributed by atoms with Gasteiger partial charge in [-0.15, -0.1) is 124 Å². The third-order valence-corrected chi connectivity index (χ3v) is 21.0. The second kappa shape index (κ2) is 43.6. The number of fused-ring (bicyclic) bond motifs is 6. The van der Waals surface area contributed by atoms with Crippen molar-refractivity contribution in [3.8, 4) is 78.5 Å². The Kier molecular flexibility index (Phi) is 33.1. The molecular weight excluding hydrogens is 1890 g/mol. The second-order valence-electron chi connectivity index (χ2n) is 28.1. The van der Waals surface area contributed by atoms with E-state index >= 15 is 0 Å². The summed E-state index contributed by atoms with van der Waals surface area (Å²) >= 11 is 0. The van der Waals surface area contributed by atoms with E-state index in [4.69, 9.17) is 32.0 Å². The van der Waals surface area contributed by atoms with Crippen molar-refractivity contribution in [2.24, 2.45) is 0 Å². The zero-order valence-corrected chi connectivity index (χ0v) is 71.3. The first-order valence-corrected chi connectivity index (χ1v) is 40.0. The molecule has 0 aliphatic heterocycles. The topological polar surface area (TPSA) is 211 Å². The zero-order valence-electron chi connectivity index (χ0n) is 65.7. The minimum atomic E-state index is -5.84. The van der Waals surface area contributed by atoms with Gasteiger partial charge in [0, 0.05) is 119 Å². The van der Waals surface area contributed by atoms with E-state index in [2.05, 4.69) is 114 Å². The Morgan fingerprint density at radius 1 is 0.387 bits per heavy atom. The molecule has 3 aliphatic carbocycles. The number of furan rings is 2.